The summed E-state index contributed by atoms with van der Waals surface area (Å²) in [5.74, 6) is 0. The molecule has 0 saturated carbocycles. The zero-order valence-corrected chi connectivity index (χ0v) is 13.0. The molecule has 2 aromatic rings. The van der Waals surface area contributed by atoms with E-state index in [4.69, 9.17) is 0 Å². The smallest absolute Gasteiger partial charge is 0.0561 e. The monoisotopic (exact) mass is 269 g/mol. The van der Waals surface area contributed by atoms with Crippen LogP contribution in [0, 0.1) is 34.6 Å². The minimum Gasteiger partial charge on any atom is -0.353 e. The van der Waals surface area contributed by atoms with Gasteiger partial charge in [-0.2, -0.15) is 0 Å². The van der Waals surface area contributed by atoms with Gasteiger partial charge in [0.1, 0.15) is 0 Å². The van der Waals surface area contributed by atoms with Gasteiger partial charge >= 0.3 is 0 Å². The van der Waals surface area contributed by atoms with E-state index in [-0.39, 0.29) is 0 Å². The van der Waals surface area contributed by atoms with E-state index < -0.39 is 0 Å². The normalized spacial score (nSPS) is 12.7. The molecule has 0 radical (unpaired) electrons. The third kappa shape index (κ3) is 1.78. The van der Waals surface area contributed by atoms with Crippen molar-refractivity contribution in [3.63, 3.8) is 0 Å². The number of fused-ring (bicyclic) bond motifs is 2. The van der Waals surface area contributed by atoms with Gasteiger partial charge in [0.2, 0.25) is 0 Å². The van der Waals surface area contributed by atoms with Gasteiger partial charge in [-0.05, 0) is 68.5 Å². The molecule has 0 unspecified atom stereocenters. The van der Waals surface area contributed by atoms with Crippen LogP contribution in [0.2, 0.25) is 0 Å². The fourth-order valence-electron chi connectivity index (χ4n) is 2.68. The molecular formula is C17H19NS. The number of rotatable bonds is 0. The second-order valence-electron chi connectivity index (χ2n) is 5.38. The Labute approximate surface area is 119 Å². The third-order valence-corrected chi connectivity index (χ3v) is 5.77. The van der Waals surface area contributed by atoms with Gasteiger partial charge < -0.3 is 5.32 Å². The van der Waals surface area contributed by atoms with Crippen LogP contribution in [0.1, 0.15) is 27.8 Å². The predicted molar refractivity (Wildman–Crippen MR) is 84.0 cm³/mol. The topological polar surface area (TPSA) is 12.0 Å². The highest BCUT2D eigenvalue weighted by Crippen LogP contribution is 2.49. The molecule has 0 spiro atoms. The van der Waals surface area contributed by atoms with Crippen LogP contribution in [0.25, 0.3) is 0 Å². The Morgan fingerprint density at radius 1 is 0.789 bits per heavy atom. The Balaban J connectivity index is 2.26. The average Bonchev–Trinajstić information content (AvgIpc) is 2.42. The van der Waals surface area contributed by atoms with Crippen LogP contribution in [0.4, 0.5) is 11.4 Å². The molecule has 19 heavy (non-hydrogen) atoms. The van der Waals surface area contributed by atoms with Crippen LogP contribution in [0.5, 0.6) is 0 Å². The van der Waals surface area contributed by atoms with Crippen molar-refractivity contribution in [2.24, 2.45) is 0 Å². The van der Waals surface area contributed by atoms with Crippen LogP contribution in [-0.2, 0) is 0 Å². The Morgan fingerprint density at radius 3 is 2.21 bits per heavy atom. The van der Waals surface area contributed by atoms with E-state index in [9.17, 15) is 0 Å². The number of anilines is 2. The SMILES string of the molecule is Cc1cccc2c1Sc1c(C)c(C)c(C)c(C)c1N2. The molecule has 0 aromatic heterocycles. The van der Waals surface area contributed by atoms with Crippen LogP contribution < -0.4 is 5.32 Å². The highest BCUT2D eigenvalue weighted by Gasteiger charge is 2.22. The maximum absolute atomic E-state index is 3.64. The van der Waals surface area contributed by atoms with E-state index in [0.717, 1.165) is 0 Å². The van der Waals surface area contributed by atoms with Gasteiger partial charge in [0.25, 0.3) is 0 Å². The molecule has 3 rings (SSSR count). The van der Waals surface area contributed by atoms with Crippen molar-refractivity contribution in [3.05, 3.63) is 46.0 Å². The Bertz CT molecular complexity index is 686. The van der Waals surface area contributed by atoms with Gasteiger partial charge in [0.15, 0.2) is 0 Å². The molecule has 2 aromatic carbocycles. The van der Waals surface area contributed by atoms with Gasteiger partial charge in [-0.25, -0.2) is 0 Å². The zero-order chi connectivity index (χ0) is 13.7. The molecule has 1 heterocycles. The molecule has 0 bridgehead atoms. The molecule has 1 aliphatic rings. The van der Waals surface area contributed by atoms with Crippen molar-refractivity contribution in [1.82, 2.24) is 0 Å². The number of aryl methyl sites for hydroxylation is 1. The summed E-state index contributed by atoms with van der Waals surface area (Å²) in [5.41, 5.74) is 9.48. The van der Waals surface area contributed by atoms with Crippen molar-refractivity contribution in [1.29, 1.82) is 0 Å². The molecule has 0 fully saturated rings. The van der Waals surface area contributed by atoms with Gasteiger partial charge in [-0.15, -0.1) is 0 Å². The lowest BCUT2D eigenvalue weighted by atomic mass is 9.97. The zero-order valence-electron chi connectivity index (χ0n) is 12.1. The van der Waals surface area contributed by atoms with Gasteiger partial charge in [0, 0.05) is 9.79 Å². The van der Waals surface area contributed by atoms with Gasteiger partial charge in [-0.1, -0.05) is 23.9 Å². The standard InChI is InChI=1S/C17H19NS/c1-9-7-6-8-14-16(9)19-17-13(5)11(3)10(2)12(4)15(17)18-14/h6-8,18H,1-5H3. The summed E-state index contributed by atoms with van der Waals surface area (Å²) in [4.78, 5) is 2.75. The maximum atomic E-state index is 3.64. The van der Waals surface area contributed by atoms with E-state index in [2.05, 4.69) is 58.1 Å². The predicted octanol–water partition coefficient (Wildman–Crippen LogP) is 5.44. The second kappa shape index (κ2) is 4.31. The van der Waals surface area contributed by atoms with E-state index in [1.807, 2.05) is 11.8 Å². The fraction of sp³-hybridized carbons (Fsp3) is 0.294. The Kier molecular flexibility index (Phi) is 2.86. The van der Waals surface area contributed by atoms with Crippen molar-refractivity contribution in [2.75, 3.05) is 5.32 Å². The summed E-state index contributed by atoms with van der Waals surface area (Å²) < 4.78 is 0. The molecule has 98 valence electrons. The summed E-state index contributed by atoms with van der Waals surface area (Å²) in [6, 6.07) is 6.47. The number of benzene rings is 2. The van der Waals surface area contributed by atoms with Crippen molar-refractivity contribution < 1.29 is 0 Å². The first-order valence-electron chi connectivity index (χ1n) is 6.65. The van der Waals surface area contributed by atoms with E-state index in [1.54, 1.807) is 0 Å². The highest BCUT2D eigenvalue weighted by molar-refractivity contribution is 7.99. The molecule has 1 N–H and O–H groups in total. The molecule has 1 aliphatic heterocycles. The third-order valence-electron chi connectivity index (χ3n) is 4.31. The van der Waals surface area contributed by atoms with Crippen molar-refractivity contribution >= 4 is 23.1 Å². The molecule has 0 atom stereocenters. The fourth-order valence-corrected chi connectivity index (χ4v) is 3.95. The summed E-state index contributed by atoms with van der Waals surface area (Å²) in [5, 5.41) is 3.64. The molecule has 0 saturated heterocycles. The van der Waals surface area contributed by atoms with E-state index in [1.165, 1.54) is 49.0 Å². The molecule has 0 aliphatic carbocycles. The number of nitrogens with one attached hydrogen (secondary N) is 1. The summed E-state index contributed by atoms with van der Waals surface area (Å²) in [6.45, 7) is 11.1. The average molecular weight is 269 g/mol. The second-order valence-corrected chi connectivity index (χ2v) is 6.40. The summed E-state index contributed by atoms with van der Waals surface area (Å²) in [6.07, 6.45) is 0. The Morgan fingerprint density at radius 2 is 1.47 bits per heavy atom. The first-order valence-corrected chi connectivity index (χ1v) is 7.47. The van der Waals surface area contributed by atoms with Crippen molar-refractivity contribution in [2.45, 2.75) is 44.4 Å². The van der Waals surface area contributed by atoms with E-state index in [0.29, 0.717) is 0 Å². The molecule has 0 amide bonds. The van der Waals surface area contributed by atoms with Gasteiger partial charge in [-0.3, -0.25) is 0 Å². The minimum atomic E-state index is 1.24. The lowest BCUT2D eigenvalue weighted by Crippen LogP contribution is -2.07. The Hall–Kier alpha value is -1.41. The van der Waals surface area contributed by atoms with Crippen LogP contribution in [-0.4, -0.2) is 0 Å². The largest absolute Gasteiger partial charge is 0.353 e. The highest BCUT2D eigenvalue weighted by atomic mass is 32.2. The number of hydrogen-bond donors (Lipinski definition) is 1. The number of hydrogen-bond acceptors (Lipinski definition) is 2. The van der Waals surface area contributed by atoms with Crippen LogP contribution >= 0.6 is 11.8 Å². The maximum Gasteiger partial charge on any atom is 0.0561 e. The first kappa shape index (κ1) is 12.6. The minimum absolute atomic E-state index is 1.24. The first-order chi connectivity index (χ1) is 9.00. The van der Waals surface area contributed by atoms with Crippen molar-refractivity contribution in [3.8, 4) is 0 Å². The molecular weight excluding hydrogens is 250 g/mol. The quantitative estimate of drug-likeness (QED) is 0.583. The van der Waals surface area contributed by atoms with Crippen LogP contribution in [0.3, 0.4) is 0 Å². The van der Waals surface area contributed by atoms with Gasteiger partial charge in [0.05, 0.1) is 11.4 Å². The van der Waals surface area contributed by atoms with E-state index >= 15 is 0 Å². The molecule has 2 heteroatoms. The lowest BCUT2D eigenvalue weighted by molar-refractivity contribution is 1.12. The lowest BCUT2D eigenvalue weighted by Gasteiger charge is -2.27. The summed E-state index contributed by atoms with van der Waals surface area (Å²) in [7, 11) is 0. The summed E-state index contributed by atoms with van der Waals surface area (Å²) >= 11 is 1.91. The molecule has 1 nitrogen and oxygen atoms in total. The van der Waals surface area contributed by atoms with Crippen LogP contribution in [0.15, 0.2) is 28.0 Å².